The molecule has 1 aliphatic rings. The fourth-order valence-corrected chi connectivity index (χ4v) is 4.46. The quantitative estimate of drug-likeness (QED) is 0.525. The van der Waals surface area contributed by atoms with Gasteiger partial charge in [-0.25, -0.2) is 9.18 Å². The molecule has 1 saturated heterocycles. The zero-order valence-corrected chi connectivity index (χ0v) is 22.5. The summed E-state index contributed by atoms with van der Waals surface area (Å²) in [6, 6.07) is 7.71. The zero-order valence-electron chi connectivity index (χ0n) is 21.7. The Balaban J connectivity index is 1.74. The van der Waals surface area contributed by atoms with Crippen molar-refractivity contribution in [3.05, 3.63) is 79.3 Å². The standard InChI is InChI=1S/C26H28BClFN3O5/c1-14-16(9-8-10-20(14)30-22(33)18-13-31(6)24(35)32(7)23(18)34)17-11-15(29)12-19(21(17)28)27-36-25(2,3)26(4,5)37-27/h8-13H,1-7H3,(H,30,33). The van der Waals surface area contributed by atoms with Crippen LogP contribution in [0.4, 0.5) is 10.1 Å². The number of halogens is 2. The van der Waals surface area contributed by atoms with E-state index in [9.17, 15) is 18.8 Å². The summed E-state index contributed by atoms with van der Waals surface area (Å²) in [5.74, 6) is -1.20. The molecule has 11 heteroatoms. The second-order valence-electron chi connectivity index (χ2n) is 10.2. The molecule has 8 nitrogen and oxygen atoms in total. The summed E-state index contributed by atoms with van der Waals surface area (Å²) in [5.41, 5.74) is -0.379. The number of hydrogen-bond donors (Lipinski definition) is 1. The normalized spacial score (nSPS) is 16.2. The molecule has 0 saturated carbocycles. The average molecular weight is 528 g/mol. The molecule has 2 aromatic carbocycles. The Bertz CT molecular complexity index is 1530. The maximum Gasteiger partial charge on any atom is 0.496 e. The third kappa shape index (κ3) is 4.65. The smallest absolute Gasteiger partial charge is 0.399 e. The summed E-state index contributed by atoms with van der Waals surface area (Å²) in [6.45, 7) is 9.34. The van der Waals surface area contributed by atoms with Crippen LogP contribution >= 0.6 is 11.6 Å². The van der Waals surface area contributed by atoms with E-state index in [0.29, 0.717) is 27.8 Å². The van der Waals surface area contributed by atoms with Gasteiger partial charge in [-0.2, -0.15) is 0 Å². The van der Waals surface area contributed by atoms with Crippen LogP contribution < -0.4 is 22.0 Å². The first kappa shape index (κ1) is 26.8. The molecule has 37 heavy (non-hydrogen) atoms. The van der Waals surface area contributed by atoms with E-state index >= 15 is 0 Å². The minimum atomic E-state index is -0.865. The molecule has 0 radical (unpaired) electrons. The Morgan fingerprint density at radius 2 is 1.68 bits per heavy atom. The maximum atomic E-state index is 14.8. The van der Waals surface area contributed by atoms with Crippen molar-refractivity contribution >= 4 is 35.8 Å². The Kier molecular flexibility index (Phi) is 6.73. The molecule has 1 N–H and O–H groups in total. The molecule has 0 unspecified atom stereocenters. The first-order valence-corrected chi connectivity index (χ1v) is 12.0. The molecule has 4 rings (SSSR count). The zero-order chi connectivity index (χ0) is 27.4. The predicted octanol–water partition coefficient (Wildman–Crippen LogP) is 3.40. The fourth-order valence-electron chi connectivity index (χ4n) is 4.16. The summed E-state index contributed by atoms with van der Waals surface area (Å²) in [5, 5.41) is 2.99. The monoisotopic (exact) mass is 527 g/mol. The molecule has 3 aromatic rings. The fraction of sp³-hybridized carbons (Fsp3) is 0.346. The van der Waals surface area contributed by atoms with Crippen molar-refractivity contribution in [2.24, 2.45) is 14.1 Å². The summed E-state index contributed by atoms with van der Waals surface area (Å²) in [7, 11) is 1.89. The van der Waals surface area contributed by atoms with Crippen molar-refractivity contribution in [2.45, 2.75) is 45.8 Å². The van der Waals surface area contributed by atoms with E-state index in [1.54, 1.807) is 25.1 Å². The minimum absolute atomic E-state index is 0.193. The number of aromatic nitrogens is 2. The highest BCUT2D eigenvalue weighted by molar-refractivity contribution is 6.66. The topological polar surface area (TPSA) is 91.6 Å². The Labute approximate surface area is 219 Å². The molecule has 194 valence electrons. The second-order valence-corrected chi connectivity index (χ2v) is 10.6. The number of carbonyl (C=O) groups is 1. The molecule has 0 spiro atoms. The molecule has 2 heterocycles. The Morgan fingerprint density at radius 1 is 1.05 bits per heavy atom. The van der Waals surface area contributed by atoms with Gasteiger partial charge in [-0.05, 0) is 63.9 Å². The van der Waals surface area contributed by atoms with Gasteiger partial charge in [0.1, 0.15) is 11.4 Å². The molecule has 1 amide bonds. The van der Waals surface area contributed by atoms with Crippen LogP contribution in [0.15, 0.2) is 46.1 Å². The van der Waals surface area contributed by atoms with E-state index in [4.69, 9.17) is 20.9 Å². The number of anilines is 1. The summed E-state index contributed by atoms with van der Waals surface area (Å²) in [4.78, 5) is 37.4. The van der Waals surface area contributed by atoms with Crippen LogP contribution in [0.2, 0.25) is 5.02 Å². The molecular weight excluding hydrogens is 500 g/mol. The number of hydrogen-bond acceptors (Lipinski definition) is 5. The predicted molar refractivity (Wildman–Crippen MR) is 142 cm³/mol. The van der Waals surface area contributed by atoms with E-state index < -0.39 is 41.3 Å². The van der Waals surface area contributed by atoms with E-state index in [1.807, 2.05) is 27.7 Å². The van der Waals surface area contributed by atoms with Crippen molar-refractivity contribution in [1.29, 1.82) is 0 Å². The number of benzene rings is 2. The Hall–Kier alpha value is -3.21. The van der Waals surface area contributed by atoms with Gasteiger partial charge in [-0.1, -0.05) is 23.7 Å². The van der Waals surface area contributed by atoms with Gasteiger partial charge < -0.3 is 19.2 Å². The van der Waals surface area contributed by atoms with Crippen LogP contribution in [-0.2, 0) is 23.4 Å². The molecule has 0 aliphatic carbocycles. The van der Waals surface area contributed by atoms with Crippen molar-refractivity contribution < 1.29 is 18.5 Å². The third-order valence-corrected chi connectivity index (χ3v) is 7.56. The van der Waals surface area contributed by atoms with E-state index in [-0.39, 0.29) is 10.6 Å². The number of carbonyl (C=O) groups excluding carboxylic acids is 1. The van der Waals surface area contributed by atoms with Gasteiger partial charge in [0.2, 0.25) is 0 Å². The van der Waals surface area contributed by atoms with Gasteiger partial charge >= 0.3 is 12.8 Å². The van der Waals surface area contributed by atoms with Crippen LogP contribution in [0.3, 0.4) is 0 Å². The average Bonchev–Trinajstić information content (AvgIpc) is 3.04. The van der Waals surface area contributed by atoms with Crippen molar-refractivity contribution in [2.75, 3.05) is 5.32 Å². The van der Waals surface area contributed by atoms with Gasteiger partial charge in [0.15, 0.2) is 0 Å². The molecular formula is C26H28BClFN3O5. The largest absolute Gasteiger partial charge is 0.496 e. The van der Waals surface area contributed by atoms with Gasteiger partial charge in [-0.15, -0.1) is 0 Å². The summed E-state index contributed by atoms with van der Waals surface area (Å²) in [6.07, 6.45) is 1.19. The van der Waals surface area contributed by atoms with E-state index in [2.05, 4.69) is 5.32 Å². The molecule has 1 aliphatic heterocycles. The van der Waals surface area contributed by atoms with Crippen LogP contribution in [0.25, 0.3) is 11.1 Å². The van der Waals surface area contributed by atoms with Crippen LogP contribution in [0, 0.1) is 12.7 Å². The number of nitrogens with one attached hydrogen (secondary N) is 1. The first-order valence-electron chi connectivity index (χ1n) is 11.7. The van der Waals surface area contributed by atoms with Gasteiger partial charge in [0, 0.05) is 42.0 Å². The van der Waals surface area contributed by atoms with Crippen molar-refractivity contribution in [1.82, 2.24) is 9.13 Å². The molecule has 0 bridgehead atoms. The number of nitrogens with zero attached hydrogens (tertiary/aromatic N) is 2. The molecule has 1 aromatic heterocycles. The third-order valence-electron chi connectivity index (χ3n) is 7.14. The highest BCUT2D eigenvalue weighted by atomic mass is 35.5. The Morgan fingerprint density at radius 3 is 2.30 bits per heavy atom. The van der Waals surface area contributed by atoms with Crippen LogP contribution in [0.1, 0.15) is 43.6 Å². The number of rotatable bonds is 4. The highest BCUT2D eigenvalue weighted by Gasteiger charge is 2.52. The van der Waals surface area contributed by atoms with Crippen LogP contribution in [0.5, 0.6) is 0 Å². The molecule has 1 fully saturated rings. The first-order chi connectivity index (χ1) is 17.1. The second kappa shape index (κ2) is 9.27. The number of amides is 1. The lowest BCUT2D eigenvalue weighted by molar-refractivity contribution is 0.00578. The van der Waals surface area contributed by atoms with Gasteiger partial charge in [0.25, 0.3) is 11.5 Å². The molecule has 0 atom stereocenters. The summed E-state index contributed by atoms with van der Waals surface area (Å²) >= 11 is 6.79. The van der Waals surface area contributed by atoms with Crippen molar-refractivity contribution in [3.8, 4) is 11.1 Å². The van der Waals surface area contributed by atoms with Crippen molar-refractivity contribution in [3.63, 3.8) is 0 Å². The van der Waals surface area contributed by atoms with Gasteiger partial charge in [-0.3, -0.25) is 14.2 Å². The lowest BCUT2D eigenvalue weighted by Gasteiger charge is -2.32. The lowest BCUT2D eigenvalue weighted by Crippen LogP contribution is -2.41. The lowest BCUT2D eigenvalue weighted by atomic mass is 9.77. The van der Waals surface area contributed by atoms with Crippen LogP contribution in [-0.4, -0.2) is 33.4 Å². The van der Waals surface area contributed by atoms with E-state index in [0.717, 1.165) is 9.13 Å². The number of aryl methyl sites for hydroxylation is 1. The highest BCUT2D eigenvalue weighted by Crippen LogP contribution is 2.39. The maximum absolute atomic E-state index is 14.8. The SMILES string of the molecule is Cc1c(NC(=O)c2cn(C)c(=O)n(C)c2=O)cccc1-c1cc(F)cc(B2OC(C)(C)C(C)(C)O2)c1Cl. The minimum Gasteiger partial charge on any atom is -0.399 e. The van der Waals surface area contributed by atoms with E-state index in [1.165, 1.54) is 32.4 Å². The van der Waals surface area contributed by atoms with Gasteiger partial charge in [0.05, 0.1) is 11.2 Å². The summed E-state index contributed by atoms with van der Waals surface area (Å²) < 4.78 is 29.0.